The van der Waals surface area contributed by atoms with Crippen LogP contribution in [0.2, 0.25) is 0 Å². The Morgan fingerprint density at radius 1 is 0.651 bits per heavy atom. The first-order valence-electron chi connectivity index (χ1n) is 14.6. The molecule has 0 bridgehead atoms. The lowest BCUT2D eigenvalue weighted by atomic mass is 9.69. The van der Waals surface area contributed by atoms with E-state index in [4.69, 9.17) is 14.2 Å². The van der Waals surface area contributed by atoms with Crippen molar-refractivity contribution in [3.05, 3.63) is 53.1 Å². The van der Waals surface area contributed by atoms with E-state index >= 15 is 8.78 Å². The first-order valence-corrected chi connectivity index (χ1v) is 14.6. The average Bonchev–Trinajstić information content (AvgIpc) is 2.92. The van der Waals surface area contributed by atoms with Crippen LogP contribution >= 0.6 is 0 Å². The average molecular weight is 625 g/mol. The minimum Gasteiger partial charge on any atom is -0.432 e. The number of ether oxygens (including phenoxy) is 3. The largest absolute Gasteiger partial charge is 0.432 e. The Hall–Kier alpha value is -2.47. The van der Waals surface area contributed by atoms with Crippen LogP contribution in [0.5, 0.6) is 5.75 Å². The topological polar surface area (TPSA) is 27.7 Å². The Labute approximate surface area is 243 Å². The standard InChI is InChI=1S/C31H33F9O3/c1-16-14-41-29(42-15-16)19-4-2-17(3-5-19)18-6-8-21(9-7-18)31(39,40)43-22-12-23(32)27(24(33)13-22)20-10-25(34)28(26(35)11-20)30(36,37)38/h10-13,16-19,21,29H,2-9,14-15H2,1H3. The molecule has 0 spiro atoms. The molecule has 0 N–H and O–H groups in total. The normalized spacial score (nSPS) is 29.0. The van der Waals surface area contributed by atoms with Crippen molar-refractivity contribution >= 4 is 0 Å². The van der Waals surface area contributed by atoms with Crippen LogP contribution in [0.15, 0.2) is 24.3 Å². The maximum atomic E-state index is 15.1. The van der Waals surface area contributed by atoms with Crippen LogP contribution in [-0.4, -0.2) is 25.6 Å². The van der Waals surface area contributed by atoms with Crippen LogP contribution in [0, 0.1) is 52.9 Å². The van der Waals surface area contributed by atoms with Crippen LogP contribution in [0.1, 0.15) is 63.9 Å². The SMILES string of the molecule is CC1COC(C2CCC(C3CCC(C(F)(F)Oc4cc(F)c(-c5cc(F)c(C(F)(F)F)c(F)c5)c(F)c4)CC3)CC2)OC1. The van der Waals surface area contributed by atoms with Gasteiger partial charge in [-0.25, -0.2) is 17.6 Å². The summed E-state index contributed by atoms with van der Waals surface area (Å²) in [6.45, 7) is 3.45. The third-order valence-corrected chi connectivity index (χ3v) is 9.09. The number of hydrogen-bond acceptors (Lipinski definition) is 3. The lowest BCUT2D eigenvalue weighted by Gasteiger charge is -2.41. The van der Waals surface area contributed by atoms with Crippen molar-refractivity contribution in [2.45, 2.75) is 76.9 Å². The van der Waals surface area contributed by atoms with E-state index < -0.39 is 63.9 Å². The van der Waals surface area contributed by atoms with E-state index in [1.807, 2.05) is 0 Å². The van der Waals surface area contributed by atoms with E-state index in [1.54, 1.807) is 0 Å². The zero-order chi connectivity index (χ0) is 31.1. The van der Waals surface area contributed by atoms with Crippen LogP contribution < -0.4 is 4.74 Å². The lowest BCUT2D eigenvalue weighted by molar-refractivity contribution is -0.229. The fraction of sp³-hybridized carbons (Fsp3) is 0.613. The van der Waals surface area contributed by atoms with Crippen molar-refractivity contribution in [3.8, 4) is 16.9 Å². The monoisotopic (exact) mass is 624 g/mol. The van der Waals surface area contributed by atoms with Gasteiger partial charge in [0.05, 0.1) is 24.7 Å². The van der Waals surface area contributed by atoms with Gasteiger partial charge in [0.2, 0.25) is 0 Å². The van der Waals surface area contributed by atoms with Crippen LogP contribution in [0.25, 0.3) is 11.1 Å². The van der Waals surface area contributed by atoms with Gasteiger partial charge in [-0.15, -0.1) is 0 Å². The molecule has 238 valence electrons. The third kappa shape index (κ3) is 7.10. The predicted octanol–water partition coefficient (Wildman–Crippen LogP) is 9.52. The summed E-state index contributed by atoms with van der Waals surface area (Å²) in [5.41, 5.74) is -4.15. The lowest BCUT2D eigenvalue weighted by Crippen LogP contribution is -2.40. The Bertz CT molecular complexity index is 1230. The minimum absolute atomic E-state index is 0.130. The van der Waals surface area contributed by atoms with Gasteiger partial charge < -0.3 is 14.2 Å². The summed E-state index contributed by atoms with van der Waals surface area (Å²) in [4.78, 5) is 0. The van der Waals surface area contributed by atoms with E-state index in [1.165, 1.54) is 0 Å². The molecule has 5 rings (SSSR count). The van der Waals surface area contributed by atoms with E-state index in [9.17, 15) is 30.7 Å². The number of rotatable bonds is 6. The summed E-state index contributed by atoms with van der Waals surface area (Å²) >= 11 is 0. The molecule has 43 heavy (non-hydrogen) atoms. The van der Waals surface area contributed by atoms with Crippen LogP contribution in [-0.2, 0) is 15.7 Å². The zero-order valence-electron chi connectivity index (χ0n) is 23.5. The van der Waals surface area contributed by atoms with Gasteiger partial charge in [-0.1, -0.05) is 6.92 Å². The van der Waals surface area contributed by atoms with Gasteiger partial charge in [0.15, 0.2) is 6.29 Å². The molecule has 1 heterocycles. The second-order valence-electron chi connectivity index (χ2n) is 12.2. The molecule has 0 radical (unpaired) electrons. The Morgan fingerprint density at radius 2 is 1.12 bits per heavy atom. The first-order chi connectivity index (χ1) is 20.2. The van der Waals surface area contributed by atoms with Gasteiger partial charge >= 0.3 is 12.3 Å². The van der Waals surface area contributed by atoms with Gasteiger partial charge in [-0.3, -0.25) is 0 Å². The van der Waals surface area contributed by atoms with Crippen molar-refractivity contribution in [1.82, 2.24) is 0 Å². The molecule has 0 atom stereocenters. The minimum atomic E-state index is -5.37. The molecule has 12 heteroatoms. The predicted molar refractivity (Wildman–Crippen MR) is 138 cm³/mol. The quantitative estimate of drug-likeness (QED) is 0.300. The summed E-state index contributed by atoms with van der Waals surface area (Å²) in [7, 11) is 0. The molecule has 0 unspecified atom stereocenters. The maximum Gasteiger partial charge on any atom is 0.422 e. The molecule has 1 aliphatic heterocycles. The van der Waals surface area contributed by atoms with Crippen molar-refractivity contribution in [2.75, 3.05) is 13.2 Å². The Balaban J connectivity index is 1.18. The highest BCUT2D eigenvalue weighted by Gasteiger charge is 2.46. The summed E-state index contributed by atoms with van der Waals surface area (Å²) in [6.07, 6.45) is -3.96. The van der Waals surface area contributed by atoms with Gasteiger partial charge in [0.25, 0.3) is 0 Å². The Kier molecular flexibility index (Phi) is 9.28. The highest BCUT2D eigenvalue weighted by Crippen LogP contribution is 2.47. The van der Waals surface area contributed by atoms with Gasteiger partial charge in [0.1, 0.15) is 34.6 Å². The van der Waals surface area contributed by atoms with Crippen molar-refractivity contribution in [1.29, 1.82) is 0 Å². The zero-order valence-corrected chi connectivity index (χ0v) is 23.5. The fourth-order valence-corrected chi connectivity index (χ4v) is 6.82. The molecule has 2 aliphatic carbocycles. The molecule has 3 fully saturated rings. The molecular weight excluding hydrogens is 591 g/mol. The van der Waals surface area contributed by atoms with Crippen molar-refractivity contribution in [3.63, 3.8) is 0 Å². The molecule has 2 saturated carbocycles. The molecule has 0 amide bonds. The summed E-state index contributed by atoms with van der Waals surface area (Å²) in [5, 5.41) is 0. The fourth-order valence-electron chi connectivity index (χ4n) is 6.82. The van der Waals surface area contributed by atoms with E-state index in [0.717, 1.165) is 25.7 Å². The number of hydrogen-bond donors (Lipinski definition) is 0. The third-order valence-electron chi connectivity index (χ3n) is 9.09. The van der Waals surface area contributed by atoms with Crippen molar-refractivity contribution in [2.24, 2.45) is 29.6 Å². The second-order valence-corrected chi connectivity index (χ2v) is 12.2. The van der Waals surface area contributed by atoms with Crippen LogP contribution in [0.4, 0.5) is 39.5 Å². The molecule has 1 saturated heterocycles. The number of benzene rings is 2. The molecule has 2 aromatic rings. The van der Waals surface area contributed by atoms with Gasteiger partial charge in [-0.05, 0) is 80.9 Å². The number of halogens is 9. The molecule has 2 aromatic carbocycles. The highest BCUT2D eigenvalue weighted by molar-refractivity contribution is 5.66. The van der Waals surface area contributed by atoms with Gasteiger partial charge in [0, 0.05) is 24.0 Å². The molecule has 0 aromatic heterocycles. The van der Waals surface area contributed by atoms with E-state index in [-0.39, 0.29) is 31.3 Å². The second kappa shape index (κ2) is 12.5. The highest BCUT2D eigenvalue weighted by atomic mass is 19.4. The van der Waals surface area contributed by atoms with Crippen molar-refractivity contribution < 1.29 is 53.7 Å². The van der Waals surface area contributed by atoms with Crippen LogP contribution in [0.3, 0.4) is 0 Å². The van der Waals surface area contributed by atoms with E-state index in [0.29, 0.717) is 61.9 Å². The van der Waals surface area contributed by atoms with E-state index in [2.05, 4.69) is 6.92 Å². The maximum absolute atomic E-state index is 15.1. The summed E-state index contributed by atoms with van der Waals surface area (Å²) in [6, 6.07) is 1.10. The summed E-state index contributed by atoms with van der Waals surface area (Å²) < 4.78 is 143. The smallest absolute Gasteiger partial charge is 0.422 e. The molecule has 3 aliphatic rings. The number of alkyl halides is 5. The van der Waals surface area contributed by atoms with Gasteiger partial charge in [-0.2, -0.15) is 22.0 Å². The molecular formula is C31H33F9O3. The Morgan fingerprint density at radius 3 is 1.60 bits per heavy atom. The summed E-state index contributed by atoms with van der Waals surface area (Å²) in [5.74, 6) is -7.80. The first kappa shape index (κ1) is 31.9. The molecule has 3 nitrogen and oxygen atoms in total.